The topological polar surface area (TPSA) is 55.1 Å². The van der Waals surface area contributed by atoms with Gasteiger partial charge in [0.2, 0.25) is 0 Å². The van der Waals surface area contributed by atoms with Gasteiger partial charge in [-0.3, -0.25) is 9.48 Å². The average Bonchev–Trinajstić information content (AvgIpc) is 2.70. The zero-order chi connectivity index (χ0) is 8.72. The van der Waals surface area contributed by atoms with Gasteiger partial charge in [-0.1, -0.05) is 0 Å². The van der Waals surface area contributed by atoms with E-state index in [9.17, 15) is 4.79 Å². The molecule has 12 heavy (non-hydrogen) atoms. The summed E-state index contributed by atoms with van der Waals surface area (Å²) in [7, 11) is 1.83. The van der Waals surface area contributed by atoms with Crippen LogP contribution in [0.5, 0.6) is 0 Å². The molecule has 0 spiro atoms. The van der Waals surface area contributed by atoms with Gasteiger partial charge >= 0.3 is 5.97 Å². The van der Waals surface area contributed by atoms with Gasteiger partial charge in [0.15, 0.2) is 0 Å². The lowest BCUT2D eigenvalue weighted by Gasteiger charge is -1.89. The maximum atomic E-state index is 10.5. The Morgan fingerprint density at radius 1 is 1.83 bits per heavy atom. The zero-order valence-corrected chi connectivity index (χ0v) is 6.77. The molecule has 0 saturated heterocycles. The number of aryl methyl sites for hydroxylation is 1. The van der Waals surface area contributed by atoms with Gasteiger partial charge in [-0.15, -0.1) is 0 Å². The zero-order valence-electron chi connectivity index (χ0n) is 6.77. The van der Waals surface area contributed by atoms with Crippen LogP contribution in [0.2, 0.25) is 0 Å². The van der Waals surface area contributed by atoms with Crippen LogP contribution in [0.4, 0.5) is 0 Å². The summed E-state index contributed by atoms with van der Waals surface area (Å²) < 4.78 is 1.70. The Hall–Kier alpha value is -1.32. The molecule has 1 aliphatic carbocycles. The van der Waals surface area contributed by atoms with Crippen molar-refractivity contribution in [3.63, 3.8) is 0 Å². The van der Waals surface area contributed by atoms with Crippen molar-refractivity contribution in [1.82, 2.24) is 9.78 Å². The highest BCUT2D eigenvalue weighted by molar-refractivity contribution is 5.75. The number of carbonyl (C=O) groups is 1. The monoisotopic (exact) mass is 166 g/mol. The van der Waals surface area contributed by atoms with E-state index in [-0.39, 0.29) is 11.8 Å². The van der Waals surface area contributed by atoms with Crippen LogP contribution in [0, 0.1) is 5.92 Å². The normalized spacial score (nSPS) is 27.1. The third-order valence-electron chi connectivity index (χ3n) is 2.26. The van der Waals surface area contributed by atoms with Crippen molar-refractivity contribution in [3.8, 4) is 0 Å². The second-order valence-electron chi connectivity index (χ2n) is 3.23. The fraction of sp³-hybridized carbons (Fsp3) is 0.500. The molecule has 1 aromatic heterocycles. The maximum absolute atomic E-state index is 10.5. The smallest absolute Gasteiger partial charge is 0.307 e. The van der Waals surface area contributed by atoms with Crippen LogP contribution in [0.1, 0.15) is 17.9 Å². The van der Waals surface area contributed by atoms with E-state index < -0.39 is 5.97 Å². The maximum Gasteiger partial charge on any atom is 0.307 e. The van der Waals surface area contributed by atoms with Crippen molar-refractivity contribution >= 4 is 5.97 Å². The first-order chi connectivity index (χ1) is 5.68. The molecule has 1 aliphatic rings. The fourth-order valence-electron chi connectivity index (χ4n) is 1.47. The number of rotatable bonds is 2. The Morgan fingerprint density at radius 2 is 2.58 bits per heavy atom. The molecule has 4 heteroatoms. The van der Waals surface area contributed by atoms with Gasteiger partial charge in [0, 0.05) is 19.2 Å². The molecule has 64 valence electrons. The van der Waals surface area contributed by atoms with E-state index in [1.54, 1.807) is 10.9 Å². The molecule has 1 saturated carbocycles. The SMILES string of the molecule is Cn1cc([C@@H]2C[C@@H]2C(=O)O)cn1. The highest BCUT2D eigenvalue weighted by Gasteiger charge is 2.44. The summed E-state index contributed by atoms with van der Waals surface area (Å²) in [5.74, 6) is -0.658. The molecule has 0 bridgehead atoms. The number of hydrogen-bond donors (Lipinski definition) is 1. The summed E-state index contributed by atoms with van der Waals surface area (Å²) in [5.41, 5.74) is 1.05. The van der Waals surface area contributed by atoms with Crippen molar-refractivity contribution in [1.29, 1.82) is 0 Å². The lowest BCUT2D eigenvalue weighted by molar-refractivity contribution is -0.138. The van der Waals surface area contributed by atoms with Crippen LogP contribution < -0.4 is 0 Å². The lowest BCUT2D eigenvalue weighted by Crippen LogP contribution is -1.98. The summed E-state index contributed by atoms with van der Waals surface area (Å²) in [6.07, 6.45) is 4.39. The molecule has 1 fully saturated rings. The summed E-state index contributed by atoms with van der Waals surface area (Å²) in [6, 6.07) is 0. The summed E-state index contributed by atoms with van der Waals surface area (Å²) >= 11 is 0. The number of hydrogen-bond acceptors (Lipinski definition) is 2. The minimum Gasteiger partial charge on any atom is -0.481 e. The molecule has 1 aromatic rings. The fourth-order valence-corrected chi connectivity index (χ4v) is 1.47. The average molecular weight is 166 g/mol. The van der Waals surface area contributed by atoms with Crippen molar-refractivity contribution in [2.45, 2.75) is 12.3 Å². The van der Waals surface area contributed by atoms with Gasteiger partial charge in [0.25, 0.3) is 0 Å². The third kappa shape index (κ3) is 1.09. The standard InChI is InChI=1S/C8H10N2O2/c1-10-4-5(3-9-10)6-2-7(6)8(11)12/h3-4,6-7H,2H2,1H3,(H,11,12)/t6-,7-/m0/s1. The van der Waals surface area contributed by atoms with Crippen LogP contribution in [0.15, 0.2) is 12.4 Å². The molecule has 0 aliphatic heterocycles. The number of nitrogens with zero attached hydrogens (tertiary/aromatic N) is 2. The van der Waals surface area contributed by atoms with Gasteiger partial charge in [0.05, 0.1) is 12.1 Å². The molecule has 0 aromatic carbocycles. The molecule has 0 unspecified atom stereocenters. The van der Waals surface area contributed by atoms with E-state index in [2.05, 4.69) is 5.10 Å². The highest BCUT2D eigenvalue weighted by atomic mass is 16.4. The Balaban J connectivity index is 2.10. The molecule has 0 amide bonds. The number of carboxylic acids is 1. The second kappa shape index (κ2) is 2.33. The van der Waals surface area contributed by atoms with E-state index in [1.165, 1.54) is 0 Å². The third-order valence-corrected chi connectivity index (χ3v) is 2.26. The van der Waals surface area contributed by atoms with E-state index in [0.29, 0.717) is 0 Å². The van der Waals surface area contributed by atoms with Crippen LogP contribution in [0.3, 0.4) is 0 Å². The molecular weight excluding hydrogens is 156 g/mol. The van der Waals surface area contributed by atoms with Gasteiger partial charge < -0.3 is 5.11 Å². The van der Waals surface area contributed by atoms with Crippen LogP contribution in [0.25, 0.3) is 0 Å². The first-order valence-corrected chi connectivity index (χ1v) is 3.90. The van der Waals surface area contributed by atoms with Gasteiger partial charge in [-0.2, -0.15) is 5.10 Å². The largest absolute Gasteiger partial charge is 0.481 e. The molecule has 4 nitrogen and oxygen atoms in total. The Morgan fingerprint density at radius 3 is 3.00 bits per heavy atom. The number of aliphatic carboxylic acids is 1. The number of carboxylic acid groups (broad SMARTS) is 1. The quantitative estimate of drug-likeness (QED) is 0.700. The van der Waals surface area contributed by atoms with Crippen LogP contribution in [-0.4, -0.2) is 20.9 Å². The van der Waals surface area contributed by atoms with E-state index in [4.69, 9.17) is 5.11 Å². The molecule has 2 rings (SSSR count). The molecular formula is C8H10N2O2. The van der Waals surface area contributed by atoms with Gasteiger partial charge in [0.1, 0.15) is 0 Å². The molecule has 1 heterocycles. The van der Waals surface area contributed by atoms with Crippen molar-refractivity contribution in [2.24, 2.45) is 13.0 Å². The summed E-state index contributed by atoms with van der Waals surface area (Å²) in [4.78, 5) is 10.5. The van der Waals surface area contributed by atoms with E-state index in [1.807, 2.05) is 13.2 Å². The molecule has 2 atom stereocenters. The van der Waals surface area contributed by atoms with Crippen LogP contribution in [-0.2, 0) is 11.8 Å². The Labute approximate surface area is 69.8 Å². The van der Waals surface area contributed by atoms with Crippen LogP contribution >= 0.6 is 0 Å². The second-order valence-corrected chi connectivity index (χ2v) is 3.23. The first-order valence-electron chi connectivity index (χ1n) is 3.90. The predicted molar refractivity (Wildman–Crippen MR) is 41.7 cm³/mol. The molecule has 0 radical (unpaired) electrons. The van der Waals surface area contributed by atoms with Crippen molar-refractivity contribution < 1.29 is 9.90 Å². The lowest BCUT2D eigenvalue weighted by atomic mass is 10.2. The van der Waals surface area contributed by atoms with Gasteiger partial charge in [-0.05, 0) is 12.0 Å². The predicted octanol–water partition coefficient (Wildman–Crippen LogP) is 0.608. The van der Waals surface area contributed by atoms with Crippen molar-refractivity contribution in [3.05, 3.63) is 18.0 Å². The highest BCUT2D eigenvalue weighted by Crippen LogP contribution is 2.47. The Kier molecular flexibility index (Phi) is 1.43. The van der Waals surface area contributed by atoms with Crippen molar-refractivity contribution in [2.75, 3.05) is 0 Å². The summed E-state index contributed by atoms with van der Waals surface area (Å²) in [6.45, 7) is 0. The minimum atomic E-state index is -0.691. The van der Waals surface area contributed by atoms with Gasteiger partial charge in [-0.25, -0.2) is 0 Å². The van der Waals surface area contributed by atoms with E-state index in [0.717, 1.165) is 12.0 Å². The minimum absolute atomic E-state index is 0.172. The molecule has 1 N–H and O–H groups in total. The summed E-state index contributed by atoms with van der Waals surface area (Å²) in [5, 5.41) is 12.7. The van der Waals surface area contributed by atoms with E-state index >= 15 is 0 Å². The number of aromatic nitrogens is 2. The first kappa shape index (κ1) is 7.34. The Bertz CT molecular complexity index is 319.